The fourth-order valence-electron chi connectivity index (χ4n) is 4.59. The van der Waals surface area contributed by atoms with E-state index < -0.39 is 11.6 Å². The number of carbonyl (C=O) groups excluding carboxylic acids is 1. The van der Waals surface area contributed by atoms with Crippen LogP contribution >= 0.6 is 0 Å². The smallest absolute Gasteiger partial charge is 0.227 e. The molecule has 0 saturated carbocycles. The molecule has 5 rings (SSSR count). The summed E-state index contributed by atoms with van der Waals surface area (Å²) in [5.41, 5.74) is 4.35. The molecule has 0 bridgehead atoms. The first-order valence-electron chi connectivity index (χ1n) is 11.5. The minimum atomic E-state index is -0.642. The first-order chi connectivity index (χ1) is 16.5. The number of imidazole rings is 1. The van der Waals surface area contributed by atoms with Crippen molar-refractivity contribution in [3.05, 3.63) is 89.5 Å². The normalized spacial score (nSPS) is 14.5. The number of aryl methyl sites for hydroxylation is 1. The molecule has 0 spiro atoms. The number of hydrogen-bond acceptors (Lipinski definition) is 3. The van der Waals surface area contributed by atoms with E-state index in [1.165, 1.54) is 11.1 Å². The predicted molar refractivity (Wildman–Crippen MR) is 130 cm³/mol. The van der Waals surface area contributed by atoms with Crippen molar-refractivity contribution in [2.45, 2.75) is 26.3 Å². The molecule has 1 saturated heterocycles. The molecule has 1 aliphatic heterocycles. The standard InChI is InChI=1S/C27H26F2N4O/c1-18-6-2-3-7-20(18)17-33-25-9-5-4-8-23(25)31-27(33)32-14-12-19(13-15-32)26(34)30-24-16-21(28)10-11-22(24)29/h2-11,16,19H,12-15,17H2,1H3,(H,30,34). The minimum Gasteiger partial charge on any atom is -0.342 e. The molecule has 0 radical (unpaired) electrons. The highest BCUT2D eigenvalue weighted by Crippen LogP contribution is 2.29. The fraction of sp³-hybridized carbons (Fsp3) is 0.259. The Morgan fingerprint density at radius 3 is 2.56 bits per heavy atom. The Labute approximate surface area is 197 Å². The van der Waals surface area contributed by atoms with E-state index in [4.69, 9.17) is 4.98 Å². The zero-order chi connectivity index (χ0) is 23.7. The Bertz CT molecular complexity index is 1340. The average molecular weight is 461 g/mol. The molecular formula is C27H26F2N4O. The number of rotatable bonds is 5. The third kappa shape index (κ3) is 4.38. The van der Waals surface area contributed by atoms with Crippen molar-refractivity contribution in [3.63, 3.8) is 0 Å². The summed E-state index contributed by atoms with van der Waals surface area (Å²) in [7, 11) is 0. The number of nitrogens with one attached hydrogen (secondary N) is 1. The molecule has 1 N–H and O–H groups in total. The van der Waals surface area contributed by atoms with E-state index in [0.717, 1.165) is 35.2 Å². The summed E-state index contributed by atoms with van der Waals surface area (Å²) < 4.78 is 29.6. The summed E-state index contributed by atoms with van der Waals surface area (Å²) in [5.74, 6) is -0.888. The predicted octanol–water partition coefficient (Wildman–Crippen LogP) is 5.53. The van der Waals surface area contributed by atoms with E-state index in [1.807, 2.05) is 30.3 Å². The molecule has 1 amide bonds. The van der Waals surface area contributed by atoms with E-state index in [0.29, 0.717) is 32.5 Å². The fourth-order valence-corrected chi connectivity index (χ4v) is 4.59. The van der Waals surface area contributed by atoms with Gasteiger partial charge in [-0.3, -0.25) is 4.79 Å². The van der Waals surface area contributed by atoms with Gasteiger partial charge in [0.1, 0.15) is 11.6 Å². The summed E-state index contributed by atoms with van der Waals surface area (Å²) >= 11 is 0. The van der Waals surface area contributed by atoms with Gasteiger partial charge >= 0.3 is 0 Å². The number of halogens is 2. The molecule has 3 aromatic carbocycles. The topological polar surface area (TPSA) is 50.2 Å². The highest BCUT2D eigenvalue weighted by Gasteiger charge is 2.28. The number of hydrogen-bond donors (Lipinski definition) is 1. The van der Waals surface area contributed by atoms with Crippen molar-refractivity contribution in [1.82, 2.24) is 9.55 Å². The highest BCUT2D eigenvalue weighted by molar-refractivity contribution is 5.92. The SMILES string of the molecule is Cc1ccccc1Cn1c(N2CCC(C(=O)Nc3cc(F)ccc3F)CC2)nc2ccccc21. The molecule has 34 heavy (non-hydrogen) atoms. The zero-order valence-electron chi connectivity index (χ0n) is 19.0. The van der Waals surface area contributed by atoms with Gasteiger partial charge in [-0.1, -0.05) is 36.4 Å². The van der Waals surface area contributed by atoms with E-state index in [-0.39, 0.29) is 17.5 Å². The second kappa shape index (κ2) is 9.25. The molecule has 1 aliphatic rings. The summed E-state index contributed by atoms with van der Waals surface area (Å²) in [6.45, 7) is 4.13. The maximum Gasteiger partial charge on any atom is 0.227 e. The van der Waals surface area contributed by atoms with Crippen LogP contribution in [0.5, 0.6) is 0 Å². The van der Waals surface area contributed by atoms with Gasteiger partial charge in [0.15, 0.2) is 0 Å². The van der Waals surface area contributed by atoms with Gasteiger partial charge in [-0.2, -0.15) is 0 Å². The van der Waals surface area contributed by atoms with Crippen LogP contribution in [0.2, 0.25) is 0 Å². The number of anilines is 2. The van der Waals surface area contributed by atoms with Crippen molar-refractivity contribution < 1.29 is 13.6 Å². The first-order valence-corrected chi connectivity index (χ1v) is 11.5. The van der Waals surface area contributed by atoms with Crippen LogP contribution in [0.15, 0.2) is 66.7 Å². The monoisotopic (exact) mass is 460 g/mol. The zero-order valence-corrected chi connectivity index (χ0v) is 19.0. The Morgan fingerprint density at radius 1 is 1.03 bits per heavy atom. The lowest BCUT2D eigenvalue weighted by Gasteiger charge is -2.32. The summed E-state index contributed by atoms with van der Waals surface area (Å²) in [5, 5.41) is 2.55. The lowest BCUT2D eigenvalue weighted by molar-refractivity contribution is -0.120. The number of amides is 1. The molecule has 1 fully saturated rings. The number of para-hydroxylation sites is 2. The van der Waals surface area contributed by atoms with Gasteiger partial charge < -0.3 is 14.8 Å². The minimum absolute atomic E-state index is 0.118. The second-order valence-corrected chi connectivity index (χ2v) is 8.79. The number of aromatic nitrogens is 2. The highest BCUT2D eigenvalue weighted by atomic mass is 19.1. The third-order valence-electron chi connectivity index (χ3n) is 6.56. The van der Waals surface area contributed by atoms with Gasteiger partial charge in [0, 0.05) is 25.1 Å². The maximum absolute atomic E-state index is 13.9. The Kier molecular flexibility index (Phi) is 6.01. The molecule has 0 unspecified atom stereocenters. The van der Waals surface area contributed by atoms with E-state index >= 15 is 0 Å². The van der Waals surface area contributed by atoms with Crippen LogP contribution < -0.4 is 10.2 Å². The van der Waals surface area contributed by atoms with Crippen LogP contribution in [0.25, 0.3) is 11.0 Å². The molecule has 0 aliphatic carbocycles. The molecule has 2 heterocycles. The van der Waals surface area contributed by atoms with Gasteiger partial charge in [-0.15, -0.1) is 0 Å². The molecule has 7 heteroatoms. The van der Waals surface area contributed by atoms with Crippen LogP contribution in [0.4, 0.5) is 20.4 Å². The molecule has 4 aromatic rings. The quantitative estimate of drug-likeness (QED) is 0.426. The van der Waals surface area contributed by atoms with Gasteiger partial charge in [0.2, 0.25) is 11.9 Å². The van der Waals surface area contributed by atoms with Gasteiger partial charge in [-0.05, 0) is 55.2 Å². The lowest BCUT2D eigenvalue weighted by Crippen LogP contribution is -2.39. The largest absolute Gasteiger partial charge is 0.342 e. The van der Waals surface area contributed by atoms with Crippen molar-refractivity contribution in [2.75, 3.05) is 23.3 Å². The Hall–Kier alpha value is -3.74. The summed E-state index contributed by atoms with van der Waals surface area (Å²) in [4.78, 5) is 19.9. The van der Waals surface area contributed by atoms with Gasteiger partial charge in [0.25, 0.3) is 0 Å². The number of carbonyl (C=O) groups is 1. The van der Waals surface area contributed by atoms with Crippen molar-refractivity contribution in [2.24, 2.45) is 5.92 Å². The number of piperidine rings is 1. The lowest BCUT2D eigenvalue weighted by atomic mass is 9.96. The molecule has 5 nitrogen and oxygen atoms in total. The van der Waals surface area contributed by atoms with E-state index in [2.05, 4.69) is 39.9 Å². The van der Waals surface area contributed by atoms with Crippen LogP contribution in [-0.2, 0) is 11.3 Å². The molecule has 1 aromatic heterocycles. The Balaban J connectivity index is 1.34. The van der Waals surface area contributed by atoms with Crippen molar-refractivity contribution >= 4 is 28.6 Å². The number of benzene rings is 3. The van der Waals surface area contributed by atoms with Crippen LogP contribution in [0, 0.1) is 24.5 Å². The van der Waals surface area contributed by atoms with Crippen molar-refractivity contribution in [3.8, 4) is 0 Å². The number of fused-ring (bicyclic) bond motifs is 1. The average Bonchev–Trinajstić information content (AvgIpc) is 3.21. The first kappa shape index (κ1) is 22.1. The molecule has 174 valence electrons. The van der Waals surface area contributed by atoms with E-state index in [1.54, 1.807) is 0 Å². The maximum atomic E-state index is 13.9. The summed E-state index contributed by atoms with van der Waals surface area (Å²) in [6.07, 6.45) is 1.21. The molecule has 0 atom stereocenters. The van der Waals surface area contributed by atoms with Crippen molar-refractivity contribution in [1.29, 1.82) is 0 Å². The van der Waals surface area contributed by atoms with Gasteiger partial charge in [-0.25, -0.2) is 13.8 Å². The number of nitrogens with zero attached hydrogens (tertiary/aromatic N) is 3. The molecular weight excluding hydrogens is 434 g/mol. The third-order valence-corrected chi connectivity index (χ3v) is 6.56. The second-order valence-electron chi connectivity index (χ2n) is 8.79. The van der Waals surface area contributed by atoms with E-state index in [9.17, 15) is 13.6 Å². The Morgan fingerprint density at radius 2 is 1.76 bits per heavy atom. The van der Waals surface area contributed by atoms with Crippen LogP contribution in [0.1, 0.15) is 24.0 Å². The van der Waals surface area contributed by atoms with Crippen LogP contribution in [-0.4, -0.2) is 28.5 Å². The summed E-state index contributed by atoms with van der Waals surface area (Å²) in [6, 6.07) is 19.5. The van der Waals surface area contributed by atoms with Gasteiger partial charge in [0.05, 0.1) is 23.3 Å². The van der Waals surface area contributed by atoms with Crippen LogP contribution in [0.3, 0.4) is 0 Å².